The SMILES string of the molecule is CCCC(CC1CCCCC1)C1C2CCCCC2C(C2C3CCCCC3C(C3CCCCC3C3CCCCC3)C3CCCCC32)C2CCCCC21. The second-order valence-electron chi connectivity index (χ2n) is 22.1. The zero-order valence-electron chi connectivity index (χ0n) is 34.1. The van der Waals surface area contributed by atoms with E-state index in [1.165, 1.54) is 12.8 Å². The summed E-state index contributed by atoms with van der Waals surface area (Å²) in [6.45, 7) is 2.56. The van der Waals surface area contributed by atoms with Gasteiger partial charge in [-0.1, -0.05) is 148 Å². The molecule has 0 spiro atoms. The van der Waals surface area contributed by atoms with Crippen LogP contribution in [0.5, 0.6) is 0 Å². The highest BCUT2D eigenvalue weighted by atomic mass is 14.7. The third-order valence-electron chi connectivity index (χ3n) is 20.1. The van der Waals surface area contributed by atoms with Crippen LogP contribution in [0.3, 0.4) is 0 Å². The van der Waals surface area contributed by atoms with Crippen LogP contribution in [0, 0.1) is 101 Å². The van der Waals surface area contributed by atoms with Gasteiger partial charge in [0.25, 0.3) is 0 Å². The van der Waals surface area contributed by atoms with Crippen molar-refractivity contribution in [2.24, 2.45) is 101 Å². The molecule has 0 aliphatic heterocycles. The van der Waals surface area contributed by atoms with E-state index in [0.29, 0.717) is 0 Å². The zero-order chi connectivity index (χ0) is 34.1. The smallest absolute Gasteiger partial charge is 0.0318 e. The lowest BCUT2D eigenvalue weighted by atomic mass is 9.39. The van der Waals surface area contributed by atoms with E-state index >= 15 is 0 Å². The van der Waals surface area contributed by atoms with E-state index in [1.54, 1.807) is 199 Å². The molecule has 0 heteroatoms. The van der Waals surface area contributed by atoms with Crippen LogP contribution < -0.4 is 0 Å². The molecule has 0 heterocycles. The Balaban J connectivity index is 1.06. The van der Waals surface area contributed by atoms with Crippen molar-refractivity contribution in [1.29, 1.82) is 0 Å². The summed E-state index contributed by atoms with van der Waals surface area (Å²) in [7, 11) is 0. The van der Waals surface area contributed by atoms with E-state index in [4.69, 9.17) is 0 Å². The van der Waals surface area contributed by atoms with Crippen molar-refractivity contribution in [3.05, 3.63) is 0 Å². The van der Waals surface area contributed by atoms with Gasteiger partial charge in [-0.25, -0.2) is 0 Å². The van der Waals surface area contributed by atoms with Gasteiger partial charge in [-0.05, 0) is 171 Å². The largest absolute Gasteiger partial charge is 0.0654 e. The molecule has 0 nitrogen and oxygen atoms in total. The fraction of sp³-hybridized carbons (Fsp3) is 1.00. The molecule has 290 valence electrons. The molecule has 9 aliphatic carbocycles. The minimum atomic E-state index is 1.07. The number of fused-ring (bicyclic) bond motifs is 4. The highest BCUT2D eigenvalue weighted by Gasteiger charge is 2.62. The number of rotatable bonds is 8. The molecule has 0 aromatic heterocycles. The molecule has 51 heavy (non-hydrogen) atoms. The maximum absolute atomic E-state index is 2.56. The number of hydrogen-bond donors (Lipinski definition) is 0. The fourth-order valence-electron chi connectivity index (χ4n) is 18.8. The molecular weight excluding hydrogens is 613 g/mol. The summed E-state index contributed by atoms with van der Waals surface area (Å²) >= 11 is 0. The Labute approximate surface area is 318 Å². The zero-order valence-corrected chi connectivity index (χ0v) is 34.1. The third kappa shape index (κ3) is 7.26. The van der Waals surface area contributed by atoms with E-state index in [1.807, 2.05) is 0 Å². The molecular formula is C51H86. The van der Waals surface area contributed by atoms with Crippen LogP contribution in [0.1, 0.15) is 219 Å². The van der Waals surface area contributed by atoms with Crippen molar-refractivity contribution in [1.82, 2.24) is 0 Å². The monoisotopic (exact) mass is 699 g/mol. The molecule has 11 atom stereocenters. The van der Waals surface area contributed by atoms with Crippen LogP contribution in [0.4, 0.5) is 0 Å². The van der Waals surface area contributed by atoms with Gasteiger partial charge in [0.2, 0.25) is 0 Å². The lowest BCUT2D eigenvalue weighted by molar-refractivity contribution is -0.177. The van der Waals surface area contributed by atoms with Gasteiger partial charge >= 0.3 is 0 Å². The standard InChI is InChI=1S/C51H86/c1-2-19-37(34-35-20-5-3-6-21-35)48-40-26-11-15-30-44(40)50(45-31-16-12-27-41(45)48)51-46-32-17-13-28-42(46)49(43-29-14-18-33-47(43)51)39-25-10-9-24-38(39)36-22-7-4-8-23-36/h35-51H,2-34H2,1H3. The predicted molar refractivity (Wildman–Crippen MR) is 217 cm³/mol. The molecule has 9 aliphatic rings. The number of hydrogen-bond acceptors (Lipinski definition) is 0. The Kier molecular flexibility index (Phi) is 12.2. The lowest BCUT2D eigenvalue weighted by Crippen LogP contribution is -2.60. The maximum atomic E-state index is 2.56. The van der Waals surface area contributed by atoms with Gasteiger partial charge in [0.05, 0.1) is 0 Å². The molecule has 0 aromatic carbocycles. The highest BCUT2D eigenvalue weighted by molar-refractivity contribution is 5.10. The second kappa shape index (κ2) is 17.0. The fourth-order valence-corrected chi connectivity index (χ4v) is 18.8. The van der Waals surface area contributed by atoms with Crippen molar-refractivity contribution >= 4 is 0 Å². The van der Waals surface area contributed by atoms with E-state index in [2.05, 4.69) is 6.92 Å². The summed E-state index contributed by atoms with van der Waals surface area (Å²) in [5, 5.41) is 0. The van der Waals surface area contributed by atoms with Gasteiger partial charge in [0.15, 0.2) is 0 Å². The molecule has 0 amide bonds. The average Bonchev–Trinajstić information content (AvgIpc) is 3.20. The summed E-state index contributed by atoms with van der Waals surface area (Å²) in [4.78, 5) is 0. The molecule has 0 radical (unpaired) electrons. The van der Waals surface area contributed by atoms with E-state index < -0.39 is 0 Å². The molecule has 11 unspecified atom stereocenters. The Morgan fingerprint density at radius 3 is 1.12 bits per heavy atom. The Hall–Kier alpha value is 0. The van der Waals surface area contributed by atoms with Gasteiger partial charge < -0.3 is 0 Å². The van der Waals surface area contributed by atoms with Crippen LogP contribution in [-0.2, 0) is 0 Å². The van der Waals surface area contributed by atoms with Crippen LogP contribution in [-0.4, -0.2) is 0 Å². The first-order chi connectivity index (χ1) is 25.3. The van der Waals surface area contributed by atoms with Gasteiger partial charge in [0.1, 0.15) is 0 Å². The van der Waals surface area contributed by atoms with E-state index in [0.717, 1.165) is 101 Å². The molecule has 9 saturated carbocycles. The van der Waals surface area contributed by atoms with Crippen molar-refractivity contribution in [2.45, 2.75) is 219 Å². The quantitative estimate of drug-likeness (QED) is 0.237. The van der Waals surface area contributed by atoms with Crippen molar-refractivity contribution < 1.29 is 0 Å². The summed E-state index contributed by atoms with van der Waals surface area (Å²) in [6.07, 6.45) is 52.7. The minimum Gasteiger partial charge on any atom is -0.0654 e. The van der Waals surface area contributed by atoms with Gasteiger partial charge in [-0.15, -0.1) is 0 Å². The van der Waals surface area contributed by atoms with Crippen LogP contribution in [0.2, 0.25) is 0 Å². The van der Waals surface area contributed by atoms with Gasteiger partial charge in [-0.2, -0.15) is 0 Å². The molecule has 9 rings (SSSR count). The summed E-state index contributed by atoms with van der Waals surface area (Å²) in [5.41, 5.74) is 0. The highest BCUT2D eigenvalue weighted by Crippen LogP contribution is 2.68. The maximum Gasteiger partial charge on any atom is -0.0318 e. The van der Waals surface area contributed by atoms with E-state index in [9.17, 15) is 0 Å². The van der Waals surface area contributed by atoms with Crippen LogP contribution in [0.25, 0.3) is 0 Å². The first kappa shape index (κ1) is 36.6. The summed E-state index contributed by atoms with van der Waals surface area (Å²) in [6, 6.07) is 0. The first-order valence-corrected chi connectivity index (χ1v) is 25.3. The molecule has 9 fully saturated rings. The van der Waals surface area contributed by atoms with Crippen molar-refractivity contribution in [3.8, 4) is 0 Å². The lowest BCUT2D eigenvalue weighted by Gasteiger charge is -2.66. The molecule has 0 aromatic rings. The molecule has 0 saturated heterocycles. The van der Waals surface area contributed by atoms with Crippen molar-refractivity contribution in [2.75, 3.05) is 0 Å². The summed E-state index contributed by atoms with van der Waals surface area (Å²) in [5.74, 6) is 18.9. The average molecular weight is 699 g/mol. The Morgan fingerprint density at radius 2 is 0.667 bits per heavy atom. The Bertz CT molecular complexity index is 1010. The normalized spacial score (nSPS) is 47.7. The Morgan fingerprint density at radius 1 is 0.333 bits per heavy atom. The molecule has 0 bridgehead atoms. The first-order valence-electron chi connectivity index (χ1n) is 25.3. The van der Waals surface area contributed by atoms with Crippen LogP contribution in [0.15, 0.2) is 0 Å². The second-order valence-corrected chi connectivity index (χ2v) is 22.1. The van der Waals surface area contributed by atoms with Crippen LogP contribution >= 0.6 is 0 Å². The predicted octanol–water partition coefficient (Wildman–Crippen LogP) is 15.5. The van der Waals surface area contributed by atoms with Gasteiger partial charge in [0, 0.05) is 0 Å². The molecule has 0 N–H and O–H groups in total. The van der Waals surface area contributed by atoms with Crippen molar-refractivity contribution in [3.63, 3.8) is 0 Å². The topological polar surface area (TPSA) is 0 Å². The van der Waals surface area contributed by atoms with E-state index in [-0.39, 0.29) is 0 Å². The third-order valence-corrected chi connectivity index (χ3v) is 20.1. The van der Waals surface area contributed by atoms with Gasteiger partial charge in [-0.3, -0.25) is 0 Å². The minimum absolute atomic E-state index is 1.07. The summed E-state index contributed by atoms with van der Waals surface area (Å²) < 4.78 is 0.